The predicted molar refractivity (Wildman–Crippen MR) is 173 cm³/mol. The Bertz CT molecular complexity index is 1210. The molecule has 13 heteroatoms. The standard InChI is InChI=1S/C32H55ClN8O3S/c33-22-14-13-21-23(24(22)45(42,43)44)32-40-30-20-12-6-5-11-19(20)28(38-30)36-26-16-8-2-1-7-15(16)25(34-26)35-27-17-9-3-4-10-18(17)29(37-27)39-31(21)41-32/h15-32,34-41H,1-14H2,(H,42,43,44). The molecule has 9 rings (SSSR count). The van der Waals surface area contributed by atoms with Crippen molar-refractivity contribution in [2.45, 2.75) is 150 Å². The second-order valence-electron chi connectivity index (χ2n) is 16.3. The Kier molecular flexibility index (Phi) is 8.26. The number of alkyl halides is 1. The largest absolute Gasteiger partial charge is 0.286 e. The van der Waals surface area contributed by atoms with Gasteiger partial charge in [-0.25, -0.2) is 0 Å². The van der Waals surface area contributed by atoms with E-state index in [1.165, 1.54) is 77.0 Å². The molecular formula is C32H55ClN8O3S. The normalized spacial score (nSPS) is 56.2. The van der Waals surface area contributed by atoms with Crippen LogP contribution >= 0.6 is 11.6 Å². The van der Waals surface area contributed by atoms with E-state index in [1.54, 1.807) is 0 Å². The van der Waals surface area contributed by atoms with Crippen molar-refractivity contribution in [3.8, 4) is 0 Å². The highest BCUT2D eigenvalue weighted by Gasteiger charge is 2.58. The van der Waals surface area contributed by atoms with Gasteiger partial charge < -0.3 is 0 Å². The first-order valence-electron chi connectivity index (χ1n) is 18.5. The lowest BCUT2D eigenvalue weighted by Crippen LogP contribution is -2.62. The Morgan fingerprint density at radius 2 is 0.711 bits per heavy atom. The monoisotopic (exact) mass is 666 g/mol. The van der Waals surface area contributed by atoms with Crippen LogP contribution in [0.5, 0.6) is 0 Å². The highest BCUT2D eigenvalue weighted by atomic mass is 35.5. The molecule has 18 unspecified atom stereocenters. The predicted octanol–water partition coefficient (Wildman–Crippen LogP) is 1.69. The molecule has 11 nitrogen and oxygen atoms in total. The Morgan fingerprint density at radius 1 is 0.422 bits per heavy atom. The number of hydrogen-bond donors (Lipinski definition) is 9. The van der Waals surface area contributed by atoms with E-state index in [9.17, 15) is 13.0 Å². The van der Waals surface area contributed by atoms with E-state index in [-0.39, 0.29) is 55.0 Å². The maximum absolute atomic E-state index is 12.9. The molecule has 5 heterocycles. The molecule has 45 heavy (non-hydrogen) atoms. The van der Waals surface area contributed by atoms with Crippen molar-refractivity contribution in [3.63, 3.8) is 0 Å². The molecule has 9 aliphatic rings. The van der Waals surface area contributed by atoms with Gasteiger partial charge in [0.05, 0.1) is 54.7 Å². The summed E-state index contributed by atoms with van der Waals surface area (Å²) in [6.07, 6.45) is 17.3. The van der Waals surface area contributed by atoms with E-state index >= 15 is 0 Å². The molecule has 0 aromatic carbocycles. The molecule has 5 aliphatic heterocycles. The van der Waals surface area contributed by atoms with E-state index in [0.29, 0.717) is 48.1 Å². The Balaban J connectivity index is 1.08. The fourth-order valence-corrected chi connectivity index (χ4v) is 14.3. The molecule has 9 N–H and O–H groups in total. The number of rotatable bonds is 1. The minimum absolute atomic E-state index is 0.0501. The van der Waals surface area contributed by atoms with Crippen LogP contribution in [0.15, 0.2) is 0 Å². The maximum atomic E-state index is 12.9. The van der Waals surface area contributed by atoms with Crippen molar-refractivity contribution in [2.75, 3.05) is 0 Å². The second-order valence-corrected chi connectivity index (χ2v) is 18.4. The third-order valence-corrected chi connectivity index (χ3v) is 16.2. The number of hydrogen-bond acceptors (Lipinski definition) is 10. The van der Waals surface area contributed by atoms with Gasteiger partial charge in [-0.15, -0.1) is 11.6 Å². The van der Waals surface area contributed by atoms with Crippen LogP contribution < -0.4 is 42.5 Å². The van der Waals surface area contributed by atoms with Crippen molar-refractivity contribution < 1.29 is 13.0 Å². The average molecular weight is 667 g/mol. The van der Waals surface area contributed by atoms with Gasteiger partial charge in [0.2, 0.25) is 0 Å². The Labute approximate surface area is 273 Å². The molecule has 0 spiro atoms. The zero-order valence-corrected chi connectivity index (χ0v) is 27.9. The van der Waals surface area contributed by atoms with Crippen LogP contribution in [0.3, 0.4) is 0 Å². The first-order valence-corrected chi connectivity index (χ1v) is 20.5. The molecule has 4 aliphatic carbocycles. The van der Waals surface area contributed by atoms with Gasteiger partial charge in [-0.05, 0) is 92.8 Å². The zero-order valence-electron chi connectivity index (χ0n) is 26.3. The van der Waals surface area contributed by atoms with Gasteiger partial charge in [0.1, 0.15) is 5.25 Å². The van der Waals surface area contributed by atoms with E-state index in [2.05, 4.69) is 42.5 Å². The third kappa shape index (κ3) is 5.36. The average Bonchev–Trinajstić information content (AvgIpc) is 3.76. The number of halogens is 1. The molecular weight excluding hydrogens is 612 g/mol. The fraction of sp³-hybridized carbons (Fsp3) is 1.00. The van der Waals surface area contributed by atoms with Crippen molar-refractivity contribution in [2.24, 2.45) is 47.3 Å². The van der Waals surface area contributed by atoms with Crippen LogP contribution in [0.4, 0.5) is 0 Å². The third-order valence-electron chi connectivity index (χ3n) is 14.2. The highest BCUT2D eigenvalue weighted by Crippen LogP contribution is 2.47. The van der Waals surface area contributed by atoms with Gasteiger partial charge in [0.25, 0.3) is 10.1 Å². The molecule has 18 atom stereocenters. The zero-order chi connectivity index (χ0) is 30.4. The smallest absolute Gasteiger partial charge is 0.269 e. The summed E-state index contributed by atoms with van der Waals surface area (Å²) in [7, 11) is -4.34. The van der Waals surface area contributed by atoms with Gasteiger partial charge in [-0.1, -0.05) is 38.5 Å². The summed E-state index contributed by atoms with van der Waals surface area (Å²) in [6.45, 7) is 0. The molecule has 0 radical (unpaired) electrons. The van der Waals surface area contributed by atoms with E-state index in [1.807, 2.05) is 0 Å². The number of fused-ring (bicyclic) bond motifs is 20. The minimum Gasteiger partial charge on any atom is -0.286 e. The summed E-state index contributed by atoms with van der Waals surface area (Å²) in [6, 6.07) is 0. The fourth-order valence-electron chi connectivity index (χ4n) is 12.3. The molecule has 0 aromatic heterocycles. The Hall–Kier alpha value is -0.120. The number of nitrogens with one attached hydrogen (secondary N) is 8. The second kappa shape index (κ2) is 12.0. The van der Waals surface area contributed by atoms with Gasteiger partial charge in [-0.3, -0.25) is 47.1 Å². The molecule has 254 valence electrons. The highest BCUT2D eigenvalue weighted by molar-refractivity contribution is 7.86. The molecule has 0 amide bonds. The summed E-state index contributed by atoms with van der Waals surface area (Å²) in [4.78, 5) is 0. The van der Waals surface area contributed by atoms with Crippen molar-refractivity contribution in [3.05, 3.63) is 0 Å². The van der Waals surface area contributed by atoms with Crippen molar-refractivity contribution in [1.82, 2.24) is 42.5 Å². The molecule has 9 fully saturated rings. The van der Waals surface area contributed by atoms with Crippen LogP contribution in [-0.2, 0) is 10.1 Å². The van der Waals surface area contributed by atoms with E-state index < -0.39 is 20.7 Å². The summed E-state index contributed by atoms with van der Waals surface area (Å²) < 4.78 is 36.4. The van der Waals surface area contributed by atoms with Crippen LogP contribution in [0.2, 0.25) is 0 Å². The van der Waals surface area contributed by atoms with Crippen LogP contribution in [0, 0.1) is 47.3 Å². The van der Waals surface area contributed by atoms with Gasteiger partial charge >= 0.3 is 0 Å². The molecule has 5 saturated heterocycles. The summed E-state index contributed by atoms with van der Waals surface area (Å²) >= 11 is 6.77. The van der Waals surface area contributed by atoms with E-state index in [0.717, 1.165) is 6.42 Å². The van der Waals surface area contributed by atoms with Crippen LogP contribution in [0.25, 0.3) is 0 Å². The molecule has 4 saturated carbocycles. The molecule has 8 bridgehead atoms. The quantitative estimate of drug-likeness (QED) is 0.149. The molecule has 0 aromatic rings. The van der Waals surface area contributed by atoms with E-state index in [4.69, 9.17) is 11.6 Å². The van der Waals surface area contributed by atoms with Crippen molar-refractivity contribution in [1.29, 1.82) is 0 Å². The van der Waals surface area contributed by atoms with Crippen molar-refractivity contribution >= 4 is 21.7 Å². The van der Waals surface area contributed by atoms with Crippen LogP contribution in [0.1, 0.15) is 89.9 Å². The first kappa shape index (κ1) is 30.9. The van der Waals surface area contributed by atoms with Gasteiger partial charge in [0, 0.05) is 5.92 Å². The van der Waals surface area contributed by atoms with Gasteiger partial charge in [-0.2, -0.15) is 8.42 Å². The minimum atomic E-state index is -4.34. The lowest BCUT2D eigenvalue weighted by molar-refractivity contribution is 0.168. The Morgan fingerprint density at radius 3 is 1.02 bits per heavy atom. The lowest BCUT2D eigenvalue weighted by atomic mass is 9.76. The summed E-state index contributed by atoms with van der Waals surface area (Å²) in [5, 5.41) is 30.7. The van der Waals surface area contributed by atoms with Crippen LogP contribution in [-0.4, -0.2) is 72.9 Å². The first-order chi connectivity index (χ1) is 21.8. The van der Waals surface area contributed by atoms with Gasteiger partial charge in [0.15, 0.2) is 0 Å². The maximum Gasteiger partial charge on any atom is 0.269 e. The SMILES string of the molecule is O=S(=O)(O)C1C(Cl)CCC2C3NC4NC(NC5NC(NC6NC(NC(N3)C21)C1CCCCC61)C1CCCCC51)C1CCCCC41. The topological polar surface area (TPSA) is 151 Å². The summed E-state index contributed by atoms with van der Waals surface area (Å²) in [5.74, 6) is 3.08. The summed E-state index contributed by atoms with van der Waals surface area (Å²) in [5.41, 5.74) is 0. The lowest BCUT2D eigenvalue weighted by Gasteiger charge is -2.40.